The molecule has 0 spiro atoms. The topological polar surface area (TPSA) is 0 Å². The summed E-state index contributed by atoms with van der Waals surface area (Å²) in [5.41, 5.74) is 3.05. The van der Waals surface area contributed by atoms with Gasteiger partial charge >= 0.3 is 0 Å². The van der Waals surface area contributed by atoms with E-state index < -0.39 is 0 Å². The molecule has 0 heterocycles. The highest BCUT2D eigenvalue weighted by atomic mass is 79.9. The molecule has 0 radical (unpaired) electrons. The van der Waals surface area contributed by atoms with Crippen molar-refractivity contribution in [2.75, 3.05) is 0 Å². The summed E-state index contributed by atoms with van der Waals surface area (Å²) in [6.45, 7) is 0. The van der Waals surface area contributed by atoms with Crippen LogP contribution in [0.15, 0.2) is 46.9 Å². The van der Waals surface area contributed by atoms with Gasteiger partial charge < -0.3 is 0 Å². The predicted octanol–water partition coefficient (Wildman–Crippen LogP) is 4.99. The largest absolute Gasteiger partial charge is 0.207 e. The fraction of sp³-hybridized carbons (Fsp3) is 0.0769. The number of benzene rings is 2. The second-order valence-corrected chi connectivity index (χ2v) is 4.62. The van der Waals surface area contributed by atoms with E-state index in [0.29, 0.717) is 5.88 Å². The molecule has 3 heteroatoms. The first-order valence-electron chi connectivity index (χ1n) is 4.81. The van der Waals surface area contributed by atoms with Crippen LogP contribution in [0.25, 0.3) is 11.1 Å². The molecule has 2 rings (SSSR count). The maximum absolute atomic E-state index is 12.8. The van der Waals surface area contributed by atoms with Gasteiger partial charge in [0.25, 0.3) is 0 Å². The number of alkyl halides is 1. The minimum atomic E-state index is -0.228. The molecule has 0 amide bonds. The third-order valence-electron chi connectivity index (χ3n) is 2.37. The molecule has 0 saturated heterocycles. The van der Waals surface area contributed by atoms with Crippen LogP contribution in [0.3, 0.4) is 0 Å². The van der Waals surface area contributed by atoms with E-state index in [9.17, 15) is 4.39 Å². The van der Waals surface area contributed by atoms with Crippen molar-refractivity contribution in [2.24, 2.45) is 0 Å². The molecular weight excluding hydrogens is 290 g/mol. The Bertz CT molecular complexity index is 494. The van der Waals surface area contributed by atoms with Gasteiger partial charge in [0.15, 0.2) is 0 Å². The highest BCUT2D eigenvalue weighted by Gasteiger charge is 2.05. The summed E-state index contributed by atoms with van der Waals surface area (Å²) >= 11 is 9.29. The van der Waals surface area contributed by atoms with Gasteiger partial charge in [0.1, 0.15) is 5.82 Å². The highest BCUT2D eigenvalue weighted by molar-refractivity contribution is 9.10. The Hall–Kier alpha value is -0.860. The van der Waals surface area contributed by atoms with Gasteiger partial charge in [-0.25, -0.2) is 4.39 Å². The standard InChI is InChI=1S/C13H9BrClF/c14-11-3-6-13(10(7-11)8-15)9-1-4-12(16)5-2-9/h1-7H,8H2. The molecule has 0 aliphatic heterocycles. The molecule has 0 fully saturated rings. The molecule has 2 aromatic carbocycles. The van der Waals surface area contributed by atoms with Crippen molar-refractivity contribution in [1.82, 2.24) is 0 Å². The van der Waals surface area contributed by atoms with Crippen LogP contribution in [0, 0.1) is 5.82 Å². The van der Waals surface area contributed by atoms with E-state index in [1.54, 1.807) is 12.1 Å². The molecule has 0 N–H and O–H groups in total. The molecule has 0 nitrogen and oxygen atoms in total. The van der Waals surface area contributed by atoms with Crippen molar-refractivity contribution in [3.63, 3.8) is 0 Å². The average Bonchev–Trinajstić information content (AvgIpc) is 2.30. The Morgan fingerprint density at radius 3 is 2.38 bits per heavy atom. The molecule has 16 heavy (non-hydrogen) atoms. The second-order valence-electron chi connectivity index (χ2n) is 3.44. The zero-order valence-corrected chi connectivity index (χ0v) is 10.7. The van der Waals surface area contributed by atoms with Gasteiger partial charge in [0.05, 0.1) is 0 Å². The van der Waals surface area contributed by atoms with Gasteiger partial charge in [0, 0.05) is 10.4 Å². The van der Waals surface area contributed by atoms with E-state index in [2.05, 4.69) is 15.9 Å². The number of hydrogen-bond donors (Lipinski definition) is 0. The molecule has 2 aromatic rings. The Balaban J connectivity index is 2.51. The van der Waals surface area contributed by atoms with Crippen LogP contribution >= 0.6 is 27.5 Å². The number of halogens is 3. The Labute approximate surface area is 107 Å². The van der Waals surface area contributed by atoms with Crippen molar-refractivity contribution in [3.8, 4) is 11.1 Å². The summed E-state index contributed by atoms with van der Waals surface area (Å²) in [7, 11) is 0. The molecule has 0 aromatic heterocycles. The first-order chi connectivity index (χ1) is 7.70. The normalized spacial score (nSPS) is 10.4. The fourth-order valence-electron chi connectivity index (χ4n) is 1.58. The number of rotatable bonds is 2. The summed E-state index contributed by atoms with van der Waals surface area (Å²) in [5.74, 6) is 0.208. The van der Waals surface area contributed by atoms with Gasteiger partial charge in [-0.2, -0.15) is 0 Å². The van der Waals surface area contributed by atoms with Crippen molar-refractivity contribution in [3.05, 3.63) is 58.3 Å². The first kappa shape index (κ1) is 11.6. The van der Waals surface area contributed by atoms with Crippen LogP contribution in [0.4, 0.5) is 4.39 Å². The molecular formula is C13H9BrClF. The summed E-state index contributed by atoms with van der Waals surface area (Å²) in [6, 6.07) is 12.3. The maximum Gasteiger partial charge on any atom is 0.123 e. The smallest absolute Gasteiger partial charge is 0.123 e. The summed E-state index contributed by atoms with van der Waals surface area (Å²) < 4.78 is 13.8. The summed E-state index contributed by atoms with van der Waals surface area (Å²) in [6.07, 6.45) is 0. The third-order valence-corrected chi connectivity index (χ3v) is 3.15. The van der Waals surface area contributed by atoms with Crippen molar-refractivity contribution >= 4 is 27.5 Å². The average molecular weight is 300 g/mol. The fourth-order valence-corrected chi connectivity index (χ4v) is 2.21. The van der Waals surface area contributed by atoms with Crippen molar-refractivity contribution in [1.29, 1.82) is 0 Å². The van der Waals surface area contributed by atoms with E-state index >= 15 is 0 Å². The Morgan fingerprint density at radius 2 is 1.75 bits per heavy atom. The highest BCUT2D eigenvalue weighted by Crippen LogP contribution is 2.27. The van der Waals surface area contributed by atoms with E-state index in [-0.39, 0.29) is 5.82 Å². The molecule has 0 unspecified atom stereocenters. The van der Waals surface area contributed by atoms with Gasteiger partial charge in [-0.3, -0.25) is 0 Å². The maximum atomic E-state index is 12.8. The minimum Gasteiger partial charge on any atom is -0.207 e. The van der Waals surface area contributed by atoms with Crippen LogP contribution < -0.4 is 0 Å². The number of hydrogen-bond acceptors (Lipinski definition) is 0. The van der Waals surface area contributed by atoms with Gasteiger partial charge in [-0.05, 0) is 41.0 Å². The van der Waals surface area contributed by atoms with Gasteiger partial charge in [-0.15, -0.1) is 11.6 Å². The van der Waals surface area contributed by atoms with Crippen LogP contribution in [0.1, 0.15) is 5.56 Å². The lowest BCUT2D eigenvalue weighted by Gasteiger charge is -2.07. The zero-order valence-electron chi connectivity index (χ0n) is 8.38. The SMILES string of the molecule is Fc1ccc(-c2ccc(Br)cc2CCl)cc1. The van der Waals surface area contributed by atoms with Gasteiger partial charge in [-0.1, -0.05) is 34.1 Å². The van der Waals surface area contributed by atoms with Crippen LogP contribution in [-0.4, -0.2) is 0 Å². The lowest BCUT2D eigenvalue weighted by Crippen LogP contribution is -1.87. The molecule has 0 saturated carbocycles. The molecule has 0 bridgehead atoms. The van der Waals surface area contributed by atoms with Crippen molar-refractivity contribution in [2.45, 2.75) is 5.88 Å². The Kier molecular flexibility index (Phi) is 3.62. The molecule has 0 aliphatic rings. The van der Waals surface area contributed by atoms with Crippen molar-refractivity contribution < 1.29 is 4.39 Å². The molecule has 0 atom stereocenters. The van der Waals surface area contributed by atoms with Crippen LogP contribution in [0.5, 0.6) is 0 Å². The lowest BCUT2D eigenvalue weighted by atomic mass is 10.0. The monoisotopic (exact) mass is 298 g/mol. The quantitative estimate of drug-likeness (QED) is 0.685. The van der Waals surface area contributed by atoms with E-state index in [1.807, 2.05) is 18.2 Å². The van der Waals surface area contributed by atoms with E-state index in [4.69, 9.17) is 11.6 Å². The minimum absolute atomic E-state index is 0.228. The van der Waals surface area contributed by atoms with Gasteiger partial charge in [0.2, 0.25) is 0 Å². The predicted molar refractivity (Wildman–Crippen MR) is 69.1 cm³/mol. The Morgan fingerprint density at radius 1 is 1.06 bits per heavy atom. The summed E-state index contributed by atoms with van der Waals surface area (Å²) in [5, 5.41) is 0. The first-order valence-corrected chi connectivity index (χ1v) is 6.14. The third kappa shape index (κ3) is 2.45. The lowest BCUT2D eigenvalue weighted by molar-refractivity contribution is 0.628. The van der Waals surface area contributed by atoms with Crippen LogP contribution in [-0.2, 0) is 5.88 Å². The zero-order chi connectivity index (χ0) is 11.5. The second kappa shape index (κ2) is 4.98. The molecule has 0 aliphatic carbocycles. The van der Waals surface area contributed by atoms with Crippen LogP contribution in [0.2, 0.25) is 0 Å². The van der Waals surface area contributed by atoms with E-state index in [0.717, 1.165) is 21.2 Å². The summed E-state index contributed by atoms with van der Waals surface area (Å²) in [4.78, 5) is 0. The van der Waals surface area contributed by atoms with E-state index in [1.165, 1.54) is 12.1 Å². The molecule has 82 valence electrons.